The SMILES string of the molecule is CN(c1ccccc1)c1ccc(-c2ccc(-c3ccc(-c4c(N(C)c5cccc(-c6ccccc6)c5)ccc5ccccc45)cc3)cc2)cc1. The van der Waals surface area contributed by atoms with Gasteiger partial charge in [0.2, 0.25) is 0 Å². The molecule has 0 radical (unpaired) electrons. The first kappa shape index (κ1) is 30.9. The summed E-state index contributed by atoms with van der Waals surface area (Å²) < 4.78 is 0. The number of hydrogen-bond acceptors (Lipinski definition) is 2. The van der Waals surface area contributed by atoms with Gasteiger partial charge in [0, 0.05) is 42.4 Å². The fraction of sp³-hybridized carbons (Fsp3) is 0.0417. The summed E-state index contributed by atoms with van der Waals surface area (Å²) in [4.78, 5) is 4.52. The molecule has 0 heterocycles. The summed E-state index contributed by atoms with van der Waals surface area (Å²) in [5, 5.41) is 2.48. The third-order valence-corrected chi connectivity index (χ3v) is 9.73. The van der Waals surface area contributed by atoms with Crippen LogP contribution in [0.4, 0.5) is 22.7 Å². The van der Waals surface area contributed by atoms with E-state index in [0.717, 1.165) is 11.4 Å². The van der Waals surface area contributed by atoms with E-state index in [1.807, 2.05) is 6.07 Å². The molecule has 2 nitrogen and oxygen atoms in total. The van der Waals surface area contributed by atoms with Crippen LogP contribution in [0.5, 0.6) is 0 Å². The molecular formula is C48H38N2. The van der Waals surface area contributed by atoms with Crippen molar-refractivity contribution in [3.05, 3.63) is 194 Å². The summed E-state index contributed by atoms with van der Waals surface area (Å²) in [5.74, 6) is 0. The van der Waals surface area contributed by atoms with Gasteiger partial charge in [-0.1, -0.05) is 152 Å². The molecule has 240 valence electrons. The largest absolute Gasteiger partial charge is 0.345 e. The van der Waals surface area contributed by atoms with E-state index in [2.05, 4.69) is 212 Å². The molecule has 0 saturated carbocycles. The second-order valence-corrected chi connectivity index (χ2v) is 12.8. The average molecular weight is 643 g/mol. The van der Waals surface area contributed by atoms with Crippen molar-refractivity contribution in [1.82, 2.24) is 0 Å². The van der Waals surface area contributed by atoms with Gasteiger partial charge in [0.25, 0.3) is 0 Å². The number of anilines is 4. The lowest BCUT2D eigenvalue weighted by Gasteiger charge is -2.25. The molecule has 8 rings (SSSR count). The quantitative estimate of drug-likeness (QED) is 0.163. The smallest absolute Gasteiger partial charge is 0.0494 e. The van der Waals surface area contributed by atoms with Gasteiger partial charge in [-0.3, -0.25) is 0 Å². The summed E-state index contributed by atoms with van der Waals surface area (Å²) in [6.45, 7) is 0. The summed E-state index contributed by atoms with van der Waals surface area (Å²) >= 11 is 0. The van der Waals surface area contributed by atoms with Crippen LogP contribution in [0.3, 0.4) is 0 Å². The lowest BCUT2D eigenvalue weighted by molar-refractivity contribution is 1.21. The van der Waals surface area contributed by atoms with E-state index in [0.29, 0.717) is 0 Å². The van der Waals surface area contributed by atoms with Crippen molar-refractivity contribution in [1.29, 1.82) is 0 Å². The topological polar surface area (TPSA) is 6.48 Å². The van der Waals surface area contributed by atoms with Crippen LogP contribution in [0.25, 0.3) is 55.3 Å². The molecule has 8 aromatic rings. The highest BCUT2D eigenvalue weighted by molar-refractivity contribution is 6.04. The van der Waals surface area contributed by atoms with Gasteiger partial charge in [0.1, 0.15) is 0 Å². The average Bonchev–Trinajstić information content (AvgIpc) is 3.21. The van der Waals surface area contributed by atoms with E-state index in [-0.39, 0.29) is 0 Å². The van der Waals surface area contributed by atoms with Gasteiger partial charge >= 0.3 is 0 Å². The normalized spacial score (nSPS) is 11.0. The van der Waals surface area contributed by atoms with Crippen LogP contribution in [-0.4, -0.2) is 14.1 Å². The summed E-state index contributed by atoms with van der Waals surface area (Å²) in [7, 11) is 4.28. The van der Waals surface area contributed by atoms with E-state index in [1.54, 1.807) is 0 Å². The first-order valence-electron chi connectivity index (χ1n) is 17.1. The Morgan fingerprint density at radius 3 is 1.40 bits per heavy atom. The van der Waals surface area contributed by atoms with E-state index >= 15 is 0 Å². The van der Waals surface area contributed by atoms with Crippen LogP contribution < -0.4 is 9.80 Å². The Labute approximate surface area is 295 Å². The number of benzene rings is 8. The molecular weight excluding hydrogens is 605 g/mol. The standard InChI is InChI=1S/C48H38N2/c1-49(43-16-7-4-8-17-43)44-31-28-39(29-32-44)37-22-20-36(21-23-37)38-24-26-41(27-25-38)48-46-19-10-9-14-40(46)30-33-47(48)50(2)45-18-11-15-42(34-45)35-12-5-3-6-13-35/h3-34H,1-2H3. The molecule has 0 bridgehead atoms. The van der Waals surface area contributed by atoms with Gasteiger partial charge in [-0.15, -0.1) is 0 Å². The van der Waals surface area contributed by atoms with Crippen molar-refractivity contribution >= 4 is 33.5 Å². The highest BCUT2D eigenvalue weighted by Crippen LogP contribution is 2.41. The predicted molar refractivity (Wildman–Crippen MR) is 215 cm³/mol. The highest BCUT2D eigenvalue weighted by atomic mass is 15.1. The molecule has 0 aliphatic rings. The first-order valence-corrected chi connectivity index (χ1v) is 17.1. The molecule has 0 aromatic heterocycles. The van der Waals surface area contributed by atoms with E-state index in [1.165, 1.54) is 66.7 Å². The Bertz CT molecular complexity index is 2360. The maximum absolute atomic E-state index is 2.31. The highest BCUT2D eigenvalue weighted by Gasteiger charge is 2.16. The first-order chi connectivity index (χ1) is 24.6. The molecule has 0 fully saturated rings. The zero-order chi connectivity index (χ0) is 33.9. The van der Waals surface area contributed by atoms with Gasteiger partial charge in [-0.25, -0.2) is 0 Å². The molecule has 2 heteroatoms. The lowest BCUT2D eigenvalue weighted by Crippen LogP contribution is -2.11. The van der Waals surface area contributed by atoms with Gasteiger partial charge in [-0.2, -0.15) is 0 Å². The van der Waals surface area contributed by atoms with Crippen molar-refractivity contribution < 1.29 is 0 Å². The molecule has 0 N–H and O–H groups in total. The van der Waals surface area contributed by atoms with Crippen LogP contribution in [0.1, 0.15) is 0 Å². The predicted octanol–water partition coefficient (Wildman–Crippen LogP) is 13.0. The molecule has 0 aliphatic carbocycles. The molecule has 50 heavy (non-hydrogen) atoms. The number of hydrogen-bond donors (Lipinski definition) is 0. The molecule has 0 saturated heterocycles. The van der Waals surface area contributed by atoms with Crippen LogP contribution in [-0.2, 0) is 0 Å². The molecule has 0 atom stereocenters. The second kappa shape index (κ2) is 13.6. The Hall–Kier alpha value is -6.38. The van der Waals surface area contributed by atoms with E-state index < -0.39 is 0 Å². The molecule has 8 aromatic carbocycles. The third-order valence-electron chi connectivity index (χ3n) is 9.73. The second-order valence-electron chi connectivity index (χ2n) is 12.8. The van der Waals surface area contributed by atoms with Gasteiger partial charge < -0.3 is 9.80 Å². The summed E-state index contributed by atoms with van der Waals surface area (Å²) in [5.41, 5.74) is 14.3. The van der Waals surface area contributed by atoms with Gasteiger partial charge in [0.15, 0.2) is 0 Å². The molecule has 0 spiro atoms. The van der Waals surface area contributed by atoms with Crippen molar-refractivity contribution in [2.24, 2.45) is 0 Å². The minimum absolute atomic E-state index is 1.15. The fourth-order valence-electron chi connectivity index (χ4n) is 6.87. The Morgan fingerprint density at radius 2 is 0.760 bits per heavy atom. The van der Waals surface area contributed by atoms with Gasteiger partial charge in [-0.05, 0) is 92.2 Å². The number of fused-ring (bicyclic) bond motifs is 1. The van der Waals surface area contributed by atoms with Crippen LogP contribution in [0.2, 0.25) is 0 Å². The monoisotopic (exact) mass is 642 g/mol. The summed E-state index contributed by atoms with van der Waals surface area (Å²) in [6.07, 6.45) is 0. The Balaban J connectivity index is 1.07. The van der Waals surface area contributed by atoms with Crippen LogP contribution in [0.15, 0.2) is 194 Å². The number of nitrogens with zero attached hydrogens (tertiary/aromatic N) is 2. The maximum atomic E-state index is 2.31. The van der Waals surface area contributed by atoms with Crippen LogP contribution in [0, 0.1) is 0 Å². The Kier molecular flexibility index (Phi) is 8.42. The summed E-state index contributed by atoms with van der Waals surface area (Å²) in [6, 6.07) is 69.7. The minimum atomic E-state index is 1.15. The third kappa shape index (κ3) is 6.16. The number of rotatable bonds is 8. The maximum Gasteiger partial charge on any atom is 0.0494 e. The Morgan fingerprint density at radius 1 is 0.300 bits per heavy atom. The number of para-hydroxylation sites is 1. The zero-order valence-corrected chi connectivity index (χ0v) is 28.4. The van der Waals surface area contributed by atoms with E-state index in [9.17, 15) is 0 Å². The van der Waals surface area contributed by atoms with E-state index in [4.69, 9.17) is 0 Å². The zero-order valence-electron chi connectivity index (χ0n) is 28.4. The van der Waals surface area contributed by atoms with Crippen molar-refractivity contribution in [2.75, 3.05) is 23.9 Å². The fourth-order valence-corrected chi connectivity index (χ4v) is 6.87. The van der Waals surface area contributed by atoms with Crippen molar-refractivity contribution in [2.45, 2.75) is 0 Å². The van der Waals surface area contributed by atoms with Crippen LogP contribution >= 0.6 is 0 Å². The lowest BCUT2D eigenvalue weighted by atomic mass is 9.93. The molecule has 0 amide bonds. The molecule has 0 unspecified atom stereocenters. The van der Waals surface area contributed by atoms with Gasteiger partial charge in [0.05, 0.1) is 0 Å². The van der Waals surface area contributed by atoms with Crippen molar-refractivity contribution in [3.63, 3.8) is 0 Å². The van der Waals surface area contributed by atoms with Crippen molar-refractivity contribution in [3.8, 4) is 44.5 Å². The minimum Gasteiger partial charge on any atom is -0.345 e. The molecule has 0 aliphatic heterocycles.